The lowest BCUT2D eigenvalue weighted by molar-refractivity contribution is 0.0698. The van der Waals surface area contributed by atoms with E-state index in [1.165, 1.54) is 28.7 Å². The van der Waals surface area contributed by atoms with Crippen LogP contribution in [0.5, 0.6) is 0 Å². The Bertz CT molecular complexity index is 660. The van der Waals surface area contributed by atoms with Crippen LogP contribution in [-0.2, 0) is 0 Å². The van der Waals surface area contributed by atoms with Crippen molar-refractivity contribution in [1.29, 1.82) is 0 Å². The van der Waals surface area contributed by atoms with Gasteiger partial charge in [0.2, 0.25) is 0 Å². The van der Waals surface area contributed by atoms with Crippen molar-refractivity contribution in [3.8, 4) is 0 Å². The van der Waals surface area contributed by atoms with E-state index < -0.39 is 5.97 Å². The second-order valence-electron chi connectivity index (χ2n) is 3.92. The maximum Gasteiger partial charge on any atom is 0.338 e. The first-order valence-corrected chi connectivity index (χ1v) is 7.36. The smallest absolute Gasteiger partial charge is 0.338 e. The molecular weight excluding hydrogens is 306 g/mol. The third-order valence-electron chi connectivity index (χ3n) is 2.42. The Morgan fingerprint density at radius 3 is 2.58 bits per heavy atom. The average Bonchev–Trinajstić information content (AvgIpc) is 2.84. The molecule has 0 atom stereocenters. The van der Waals surface area contributed by atoms with Gasteiger partial charge in [0.15, 0.2) is 0 Å². The first kappa shape index (κ1) is 14.0. The summed E-state index contributed by atoms with van der Waals surface area (Å²) in [6, 6.07) is 1.53. The number of hydrogen-bond acceptors (Lipinski definition) is 4. The Kier molecular flexibility index (Phi) is 3.93. The van der Waals surface area contributed by atoms with Crippen LogP contribution in [0.25, 0.3) is 0 Å². The van der Waals surface area contributed by atoms with Gasteiger partial charge in [0.25, 0.3) is 5.91 Å². The summed E-state index contributed by atoms with van der Waals surface area (Å²) in [4.78, 5) is 24.3. The van der Waals surface area contributed by atoms with E-state index in [1.54, 1.807) is 12.3 Å². The van der Waals surface area contributed by atoms with Crippen LogP contribution in [0.15, 0.2) is 11.4 Å². The Balaban J connectivity index is 2.29. The molecule has 0 saturated carbocycles. The van der Waals surface area contributed by atoms with Crippen LogP contribution >= 0.6 is 34.3 Å². The number of aromatic carboxylic acids is 1. The normalized spacial score (nSPS) is 10.5. The van der Waals surface area contributed by atoms with Crippen molar-refractivity contribution in [3.05, 3.63) is 37.4 Å². The number of hydrogen-bond donors (Lipinski definition) is 2. The predicted molar refractivity (Wildman–Crippen MR) is 78.0 cm³/mol. The molecule has 0 spiro atoms. The van der Waals surface area contributed by atoms with E-state index in [9.17, 15) is 9.59 Å². The van der Waals surface area contributed by atoms with E-state index in [1.807, 2.05) is 6.92 Å². The van der Waals surface area contributed by atoms with Gasteiger partial charge >= 0.3 is 5.97 Å². The van der Waals surface area contributed by atoms with Gasteiger partial charge in [-0.2, -0.15) is 0 Å². The Morgan fingerprint density at radius 2 is 2.05 bits per heavy atom. The molecule has 2 aromatic heterocycles. The number of aryl methyl sites for hydroxylation is 2. The number of thiophene rings is 2. The zero-order chi connectivity index (χ0) is 14.2. The van der Waals surface area contributed by atoms with Crippen molar-refractivity contribution in [2.24, 2.45) is 0 Å². The van der Waals surface area contributed by atoms with E-state index >= 15 is 0 Å². The zero-order valence-corrected chi connectivity index (χ0v) is 12.5. The maximum absolute atomic E-state index is 12.1. The minimum absolute atomic E-state index is 0.0975. The SMILES string of the molecule is Cc1cc(C(=O)O)c(NC(=O)c2scc(C)c2Cl)s1. The van der Waals surface area contributed by atoms with Crippen molar-refractivity contribution in [3.63, 3.8) is 0 Å². The Hall–Kier alpha value is -1.37. The number of carbonyl (C=O) groups excluding carboxylic acids is 1. The second-order valence-corrected chi connectivity index (χ2v) is 6.43. The Labute approximate surface area is 122 Å². The molecule has 2 aromatic rings. The van der Waals surface area contributed by atoms with Crippen LogP contribution in [0.1, 0.15) is 30.5 Å². The molecule has 2 rings (SSSR count). The van der Waals surface area contributed by atoms with Gasteiger partial charge in [-0.25, -0.2) is 4.79 Å². The maximum atomic E-state index is 12.1. The van der Waals surface area contributed by atoms with E-state index in [-0.39, 0.29) is 11.5 Å². The highest BCUT2D eigenvalue weighted by Crippen LogP contribution is 2.31. The molecule has 0 bridgehead atoms. The molecule has 1 amide bonds. The third-order valence-corrected chi connectivity index (χ3v) is 5.08. The molecule has 0 aliphatic rings. The summed E-state index contributed by atoms with van der Waals surface area (Å²) in [7, 11) is 0. The quantitative estimate of drug-likeness (QED) is 0.898. The standard InChI is InChI=1S/C12H10ClNO3S2/c1-5-4-18-9(8(5)13)10(15)14-11-7(12(16)17)3-6(2)19-11/h3-4H,1-2H3,(H,14,15)(H,16,17). The van der Waals surface area contributed by atoms with Crippen molar-refractivity contribution in [2.45, 2.75) is 13.8 Å². The molecule has 0 aliphatic heterocycles. The zero-order valence-electron chi connectivity index (χ0n) is 10.1. The van der Waals surface area contributed by atoms with Crippen molar-refractivity contribution < 1.29 is 14.7 Å². The minimum atomic E-state index is -1.06. The molecule has 100 valence electrons. The van der Waals surface area contributed by atoms with Crippen molar-refractivity contribution in [1.82, 2.24) is 0 Å². The molecule has 0 aromatic carbocycles. The fraction of sp³-hybridized carbons (Fsp3) is 0.167. The molecular formula is C12H10ClNO3S2. The number of rotatable bonds is 3. The minimum Gasteiger partial charge on any atom is -0.478 e. The van der Waals surface area contributed by atoms with Crippen LogP contribution in [0, 0.1) is 13.8 Å². The van der Waals surface area contributed by atoms with Gasteiger partial charge in [0, 0.05) is 4.88 Å². The van der Waals surface area contributed by atoms with Crippen molar-refractivity contribution in [2.75, 3.05) is 5.32 Å². The fourth-order valence-corrected chi connectivity index (χ4v) is 3.58. The molecule has 0 radical (unpaired) electrons. The number of amides is 1. The predicted octanol–water partition coefficient (Wildman–Crippen LogP) is 4.03. The summed E-state index contributed by atoms with van der Waals surface area (Å²) < 4.78 is 0. The lowest BCUT2D eigenvalue weighted by Crippen LogP contribution is -2.12. The highest BCUT2D eigenvalue weighted by Gasteiger charge is 2.19. The molecule has 0 aliphatic carbocycles. The van der Waals surface area contributed by atoms with Gasteiger partial charge in [-0.3, -0.25) is 4.79 Å². The summed E-state index contributed by atoms with van der Waals surface area (Å²) in [5.74, 6) is -1.44. The largest absolute Gasteiger partial charge is 0.478 e. The van der Waals surface area contributed by atoms with Crippen LogP contribution < -0.4 is 5.32 Å². The lowest BCUT2D eigenvalue weighted by Gasteiger charge is -2.02. The van der Waals surface area contributed by atoms with Gasteiger partial charge in [0.1, 0.15) is 9.88 Å². The lowest BCUT2D eigenvalue weighted by atomic mass is 10.3. The number of anilines is 1. The van der Waals surface area contributed by atoms with Crippen LogP contribution in [0.4, 0.5) is 5.00 Å². The molecule has 0 saturated heterocycles. The van der Waals surface area contributed by atoms with Gasteiger partial charge < -0.3 is 10.4 Å². The molecule has 2 N–H and O–H groups in total. The number of nitrogens with one attached hydrogen (secondary N) is 1. The van der Waals surface area contributed by atoms with Gasteiger partial charge in [-0.05, 0) is 30.9 Å². The highest BCUT2D eigenvalue weighted by atomic mass is 35.5. The molecule has 19 heavy (non-hydrogen) atoms. The van der Waals surface area contributed by atoms with E-state index in [0.717, 1.165) is 10.4 Å². The summed E-state index contributed by atoms with van der Waals surface area (Å²) in [6.45, 7) is 3.60. The van der Waals surface area contributed by atoms with Crippen LogP contribution in [-0.4, -0.2) is 17.0 Å². The number of halogens is 1. The third kappa shape index (κ3) is 2.80. The first-order valence-electron chi connectivity index (χ1n) is 5.28. The van der Waals surface area contributed by atoms with E-state index in [2.05, 4.69) is 5.32 Å². The molecule has 0 fully saturated rings. The summed E-state index contributed by atoms with van der Waals surface area (Å²) >= 11 is 8.48. The second kappa shape index (κ2) is 5.32. The van der Waals surface area contributed by atoms with Crippen LogP contribution in [0.3, 0.4) is 0 Å². The van der Waals surface area contributed by atoms with E-state index in [0.29, 0.717) is 14.9 Å². The Morgan fingerprint density at radius 1 is 1.37 bits per heavy atom. The molecule has 4 nitrogen and oxygen atoms in total. The molecule has 7 heteroatoms. The first-order chi connectivity index (χ1) is 8.90. The summed E-state index contributed by atoms with van der Waals surface area (Å²) in [5.41, 5.74) is 0.929. The number of carboxylic acid groups (broad SMARTS) is 1. The molecule has 0 unspecified atom stereocenters. The topological polar surface area (TPSA) is 66.4 Å². The van der Waals surface area contributed by atoms with Crippen molar-refractivity contribution >= 4 is 51.2 Å². The van der Waals surface area contributed by atoms with Gasteiger partial charge in [-0.1, -0.05) is 11.6 Å². The van der Waals surface area contributed by atoms with E-state index in [4.69, 9.17) is 16.7 Å². The number of carbonyl (C=O) groups is 2. The summed E-state index contributed by atoms with van der Waals surface area (Å²) in [6.07, 6.45) is 0. The number of carboxylic acids is 1. The summed E-state index contributed by atoms with van der Waals surface area (Å²) in [5, 5.41) is 14.2. The monoisotopic (exact) mass is 315 g/mol. The highest BCUT2D eigenvalue weighted by molar-refractivity contribution is 7.17. The molecule has 2 heterocycles. The van der Waals surface area contributed by atoms with Crippen LogP contribution in [0.2, 0.25) is 5.02 Å². The van der Waals surface area contributed by atoms with Gasteiger partial charge in [-0.15, -0.1) is 22.7 Å². The fourth-order valence-electron chi connectivity index (χ4n) is 1.51. The van der Waals surface area contributed by atoms with Gasteiger partial charge in [0.05, 0.1) is 10.6 Å². The average molecular weight is 316 g/mol.